The molecule has 0 fully saturated rings. The first-order chi connectivity index (χ1) is 9.31. The van der Waals surface area contributed by atoms with Crippen molar-refractivity contribution in [3.05, 3.63) is 36.2 Å². The number of ether oxygens (including phenoxy) is 1. The van der Waals surface area contributed by atoms with E-state index in [-0.39, 0.29) is 0 Å². The van der Waals surface area contributed by atoms with Crippen molar-refractivity contribution in [1.82, 2.24) is 16.0 Å². The van der Waals surface area contributed by atoms with Gasteiger partial charge in [0.15, 0.2) is 0 Å². The minimum absolute atomic E-state index is 0.355. The summed E-state index contributed by atoms with van der Waals surface area (Å²) in [4.78, 5) is 11.7. The molecule has 0 radical (unpaired) electrons. The second-order valence-corrected chi connectivity index (χ2v) is 5.28. The molecule has 4 N–H and O–H groups in total. The zero-order chi connectivity index (χ0) is 15.2. The molecule has 0 spiro atoms. The third kappa shape index (κ3) is 5.60. The molecule has 1 aliphatic rings. The fourth-order valence-electron chi connectivity index (χ4n) is 1.49. The lowest BCUT2D eigenvalue weighted by atomic mass is 10.1. The molecule has 1 atom stereocenters. The van der Waals surface area contributed by atoms with Crippen molar-refractivity contribution < 1.29 is 9.53 Å². The Balaban J connectivity index is 2.63. The predicted octanol–water partition coefficient (Wildman–Crippen LogP) is 1.63. The minimum Gasteiger partial charge on any atom is -0.444 e. The van der Waals surface area contributed by atoms with E-state index in [0.29, 0.717) is 5.71 Å². The molecule has 1 heterocycles. The largest absolute Gasteiger partial charge is 0.444 e. The number of amides is 1. The maximum atomic E-state index is 11.7. The first-order valence-electron chi connectivity index (χ1n) is 6.38. The Labute approximate surface area is 119 Å². The molecule has 1 rings (SSSR count). The summed E-state index contributed by atoms with van der Waals surface area (Å²) in [6, 6.07) is 0. The van der Waals surface area contributed by atoms with Crippen LogP contribution in [0, 0.1) is 5.41 Å². The summed E-state index contributed by atoms with van der Waals surface area (Å²) in [5, 5.41) is 16.4. The Morgan fingerprint density at radius 3 is 2.80 bits per heavy atom. The van der Waals surface area contributed by atoms with Gasteiger partial charge in [0.1, 0.15) is 11.8 Å². The molecule has 6 nitrogen and oxygen atoms in total. The lowest BCUT2D eigenvalue weighted by molar-refractivity contribution is 0.0510. The van der Waals surface area contributed by atoms with Gasteiger partial charge in [-0.3, -0.25) is 5.32 Å². The first-order valence-corrected chi connectivity index (χ1v) is 6.38. The molecule has 0 aromatic heterocycles. The van der Waals surface area contributed by atoms with E-state index >= 15 is 0 Å². The number of allylic oxidation sites excluding steroid dienone is 3. The van der Waals surface area contributed by atoms with E-state index in [2.05, 4.69) is 16.0 Å². The van der Waals surface area contributed by atoms with Crippen LogP contribution < -0.4 is 16.0 Å². The lowest BCUT2D eigenvalue weighted by Gasteiger charge is -2.24. The topological polar surface area (TPSA) is 86.2 Å². The highest BCUT2D eigenvalue weighted by atomic mass is 16.6. The molecule has 0 saturated carbocycles. The normalized spacial score (nSPS) is 18.2. The van der Waals surface area contributed by atoms with Crippen LogP contribution in [0.3, 0.4) is 0 Å². The highest BCUT2D eigenvalue weighted by molar-refractivity contribution is 6.08. The molecule has 0 aliphatic carbocycles. The van der Waals surface area contributed by atoms with Crippen molar-refractivity contribution in [2.24, 2.45) is 0 Å². The van der Waals surface area contributed by atoms with Gasteiger partial charge in [-0.05, 0) is 51.4 Å². The van der Waals surface area contributed by atoms with Crippen LogP contribution in [-0.2, 0) is 4.74 Å². The molecule has 20 heavy (non-hydrogen) atoms. The van der Waals surface area contributed by atoms with Crippen molar-refractivity contribution in [1.29, 1.82) is 5.41 Å². The molecule has 1 amide bonds. The molecule has 1 aliphatic heterocycles. The van der Waals surface area contributed by atoms with Crippen molar-refractivity contribution in [3.8, 4) is 0 Å². The van der Waals surface area contributed by atoms with Gasteiger partial charge in [-0.2, -0.15) is 0 Å². The minimum atomic E-state index is -0.538. The Kier molecular flexibility index (Phi) is 5.37. The van der Waals surface area contributed by atoms with Crippen molar-refractivity contribution in [2.45, 2.75) is 32.5 Å². The third-order valence-corrected chi connectivity index (χ3v) is 2.28. The van der Waals surface area contributed by atoms with Crippen molar-refractivity contribution in [2.75, 3.05) is 7.05 Å². The van der Waals surface area contributed by atoms with Gasteiger partial charge >= 0.3 is 6.09 Å². The summed E-state index contributed by atoms with van der Waals surface area (Å²) >= 11 is 0. The van der Waals surface area contributed by atoms with E-state index in [1.54, 1.807) is 58.4 Å². The third-order valence-electron chi connectivity index (χ3n) is 2.28. The maximum Gasteiger partial charge on any atom is 0.409 e. The number of nitrogens with one attached hydrogen (secondary N) is 4. The van der Waals surface area contributed by atoms with Crippen LogP contribution in [0.1, 0.15) is 20.8 Å². The fraction of sp³-hybridized carbons (Fsp3) is 0.429. The number of hydrogen-bond acceptors (Lipinski definition) is 5. The SMILES string of the molecule is CN/C=C\C(=N)C1=CC(NC(=O)OC(C)(C)C)NC=C1. The van der Waals surface area contributed by atoms with E-state index in [1.165, 1.54) is 0 Å². The van der Waals surface area contributed by atoms with E-state index in [9.17, 15) is 4.79 Å². The fourth-order valence-corrected chi connectivity index (χ4v) is 1.49. The maximum absolute atomic E-state index is 11.7. The summed E-state index contributed by atoms with van der Waals surface area (Å²) < 4.78 is 5.18. The summed E-state index contributed by atoms with van der Waals surface area (Å²) in [5.41, 5.74) is 0.535. The van der Waals surface area contributed by atoms with E-state index < -0.39 is 17.9 Å². The van der Waals surface area contributed by atoms with Gasteiger partial charge in [0.05, 0.1) is 5.71 Å². The van der Waals surface area contributed by atoms with Gasteiger partial charge in [-0.25, -0.2) is 4.79 Å². The average Bonchev–Trinajstić information content (AvgIpc) is 2.33. The van der Waals surface area contributed by atoms with Gasteiger partial charge in [-0.1, -0.05) is 0 Å². The van der Waals surface area contributed by atoms with Crippen LogP contribution in [0.4, 0.5) is 4.79 Å². The molecular formula is C14H22N4O2. The first kappa shape index (κ1) is 15.8. The second kappa shape index (κ2) is 6.79. The standard InChI is InChI=1S/C14H22N4O2/c1-14(2,3)20-13(19)18-12-9-10(5-8-17-12)11(15)6-7-16-4/h5-9,12,15-17H,1-4H3,(H,18,19)/b7-6-,15-11?. The number of carbonyl (C=O) groups is 1. The molecule has 0 saturated heterocycles. The van der Waals surface area contributed by atoms with Gasteiger partial charge in [0.2, 0.25) is 0 Å². The number of carbonyl (C=O) groups excluding carboxylic acids is 1. The molecule has 0 aromatic carbocycles. The van der Waals surface area contributed by atoms with Crippen molar-refractivity contribution >= 4 is 11.8 Å². The van der Waals surface area contributed by atoms with E-state index in [0.717, 1.165) is 5.57 Å². The van der Waals surface area contributed by atoms with Gasteiger partial charge < -0.3 is 20.8 Å². The Morgan fingerprint density at radius 1 is 1.50 bits per heavy atom. The molecule has 0 aromatic rings. The Hall–Kier alpha value is -2.24. The molecule has 110 valence electrons. The van der Waals surface area contributed by atoms with Crippen LogP contribution in [0.15, 0.2) is 36.2 Å². The number of hydrogen-bond donors (Lipinski definition) is 4. The summed E-state index contributed by atoms with van der Waals surface area (Å²) in [6.07, 6.45) is 7.65. The highest BCUT2D eigenvalue weighted by Crippen LogP contribution is 2.09. The molecule has 0 bridgehead atoms. The average molecular weight is 278 g/mol. The smallest absolute Gasteiger partial charge is 0.409 e. The predicted molar refractivity (Wildman–Crippen MR) is 79.4 cm³/mol. The van der Waals surface area contributed by atoms with Gasteiger partial charge in [-0.15, -0.1) is 0 Å². The monoisotopic (exact) mass is 278 g/mol. The van der Waals surface area contributed by atoms with Crippen LogP contribution in [0.2, 0.25) is 0 Å². The lowest BCUT2D eigenvalue weighted by Crippen LogP contribution is -2.45. The van der Waals surface area contributed by atoms with Gasteiger partial charge in [0, 0.05) is 12.6 Å². The second-order valence-electron chi connectivity index (χ2n) is 5.28. The zero-order valence-electron chi connectivity index (χ0n) is 12.3. The number of dihydropyridines is 1. The quantitative estimate of drug-likeness (QED) is 0.589. The molecular weight excluding hydrogens is 256 g/mol. The van der Waals surface area contributed by atoms with E-state index in [1.807, 2.05) is 0 Å². The van der Waals surface area contributed by atoms with Crippen LogP contribution in [-0.4, -0.2) is 30.6 Å². The summed E-state index contributed by atoms with van der Waals surface area (Å²) in [5.74, 6) is 0. The highest BCUT2D eigenvalue weighted by Gasteiger charge is 2.19. The van der Waals surface area contributed by atoms with Crippen LogP contribution in [0.25, 0.3) is 0 Å². The van der Waals surface area contributed by atoms with E-state index in [4.69, 9.17) is 10.1 Å². The van der Waals surface area contributed by atoms with Crippen LogP contribution in [0.5, 0.6) is 0 Å². The Bertz CT molecular complexity index is 458. The summed E-state index contributed by atoms with van der Waals surface area (Å²) in [6.45, 7) is 5.42. The van der Waals surface area contributed by atoms with Crippen LogP contribution >= 0.6 is 0 Å². The summed E-state index contributed by atoms with van der Waals surface area (Å²) in [7, 11) is 1.77. The van der Waals surface area contributed by atoms with Crippen molar-refractivity contribution in [3.63, 3.8) is 0 Å². The van der Waals surface area contributed by atoms with Gasteiger partial charge in [0.25, 0.3) is 0 Å². The number of alkyl carbamates (subject to hydrolysis) is 1. The zero-order valence-corrected chi connectivity index (χ0v) is 12.3. The Morgan fingerprint density at radius 2 is 2.20 bits per heavy atom. The molecule has 1 unspecified atom stereocenters. The number of rotatable bonds is 4. The molecule has 6 heteroatoms.